The fourth-order valence-electron chi connectivity index (χ4n) is 4.39. The van der Waals surface area contributed by atoms with Crippen LogP contribution in [-0.2, 0) is 6.42 Å². The Morgan fingerprint density at radius 3 is 2.17 bits per heavy atom. The molecule has 0 radical (unpaired) electrons. The van der Waals surface area contributed by atoms with Crippen molar-refractivity contribution < 1.29 is 38.2 Å². The van der Waals surface area contributed by atoms with E-state index in [0.717, 1.165) is 12.1 Å². The number of hydrogen-bond acceptors (Lipinski definition) is 6. The van der Waals surface area contributed by atoms with Crippen molar-refractivity contribution in [3.8, 4) is 5.69 Å². The van der Waals surface area contributed by atoms with Crippen LogP contribution in [0.5, 0.6) is 0 Å². The minimum atomic E-state index is -4.94. The van der Waals surface area contributed by atoms with Gasteiger partial charge in [-0.05, 0) is 35.4 Å². The minimum Gasteiger partial charge on any atom is -0.331 e. The molecule has 1 aliphatic carbocycles. The van der Waals surface area contributed by atoms with Gasteiger partial charge in [0.2, 0.25) is 6.33 Å². The van der Waals surface area contributed by atoms with E-state index < -0.39 is 10.2 Å². The molecule has 180 valence electrons. The summed E-state index contributed by atoms with van der Waals surface area (Å²) < 4.78 is 38.0. The number of rotatable bonds is 4. The van der Waals surface area contributed by atoms with E-state index in [-0.39, 0.29) is 18.0 Å². The number of carbonyl (C=O) groups excluding carboxylic acids is 1. The van der Waals surface area contributed by atoms with E-state index in [4.69, 9.17) is 18.6 Å². The predicted molar refractivity (Wildman–Crippen MR) is 114 cm³/mol. The summed E-state index contributed by atoms with van der Waals surface area (Å²) in [5, 5.41) is 4.57. The number of nitrogens with zero attached hydrogens (tertiary/aromatic N) is 4. The Balaban J connectivity index is 0.000000527. The summed E-state index contributed by atoms with van der Waals surface area (Å²) >= 11 is 0. The summed E-state index contributed by atoms with van der Waals surface area (Å²) in [5.74, 6) is 0.0263. The molecule has 2 atom stereocenters. The van der Waals surface area contributed by atoms with Crippen molar-refractivity contribution in [1.29, 1.82) is 0 Å². The second-order valence-corrected chi connectivity index (χ2v) is 8.80. The van der Waals surface area contributed by atoms with E-state index in [9.17, 15) is 4.79 Å². The first-order valence-corrected chi connectivity index (χ1v) is 12.0. The highest BCUT2D eigenvalue weighted by Gasteiger charge is 2.40. The van der Waals surface area contributed by atoms with Crippen LogP contribution < -0.4 is 23.2 Å². The maximum absolute atomic E-state index is 13.2. The van der Waals surface area contributed by atoms with Gasteiger partial charge in [0.15, 0.2) is 0 Å². The van der Waals surface area contributed by atoms with Crippen LogP contribution in [0.3, 0.4) is 0 Å². The van der Waals surface area contributed by atoms with Crippen molar-refractivity contribution in [1.82, 2.24) is 14.7 Å². The lowest BCUT2D eigenvalue weighted by molar-refractivity contribution is -2.00. The zero-order valence-electron chi connectivity index (χ0n) is 18.8. The smallest absolute Gasteiger partial charge is 0.265 e. The number of benzene rings is 3. The predicted octanol–water partition coefficient (Wildman–Crippen LogP) is -0.985. The molecule has 35 heavy (non-hydrogen) atoms. The van der Waals surface area contributed by atoms with E-state index in [1.54, 1.807) is 0 Å². The van der Waals surface area contributed by atoms with Gasteiger partial charge in [-0.1, -0.05) is 65.3 Å². The number of fused-ring (bicyclic) bond motifs is 1. The van der Waals surface area contributed by atoms with Gasteiger partial charge < -0.3 is 4.90 Å². The average molecular weight is 495 g/mol. The van der Waals surface area contributed by atoms with E-state index in [2.05, 4.69) is 27.9 Å². The second kappa shape index (κ2) is 10.3. The molecule has 1 amide bonds. The molecule has 9 nitrogen and oxygen atoms in total. The molecule has 0 fully saturated rings. The van der Waals surface area contributed by atoms with Crippen LogP contribution in [0.15, 0.2) is 97.6 Å². The lowest BCUT2D eigenvalue weighted by Crippen LogP contribution is -2.68. The Morgan fingerprint density at radius 1 is 0.943 bits per heavy atom. The molecular formula is C25H23ClN4O5. The van der Waals surface area contributed by atoms with Gasteiger partial charge in [0.1, 0.15) is 11.7 Å². The molecule has 0 unspecified atom stereocenters. The van der Waals surface area contributed by atoms with Crippen LogP contribution in [-0.4, -0.2) is 27.6 Å². The normalized spacial score (nSPS) is 16.7. The number of likely N-dealkylation sites (N-methyl/N-ethyl adjacent to an activating group) is 1. The van der Waals surface area contributed by atoms with Gasteiger partial charge >= 0.3 is 0 Å². The lowest BCUT2D eigenvalue weighted by Gasteiger charge is -2.29. The molecule has 0 spiro atoms. The average Bonchev–Trinajstić information content (AvgIpc) is 3.48. The highest BCUT2D eigenvalue weighted by molar-refractivity contribution is 5.94. The number of amides is 1. The van der Waals surface area contributed by atoms with Crippen LogP contribution in [0.4, 0.5) is 0 Å². The number of halogens is 1. The van der Waals surface area contributed by atoms with E-state index in [0.29, 0.717) is 5.56 Å². The lowest BCUT2D eigenvalue weighted by atomic mass is 10.0. The van der Waals surface area contributed by atoms with Gasteiger partial charge in [-0.25, -0.2) is 23.2 Å². The molecule has 3 aromatic carbocycles. The van der Waals surface area contributed by atoms with Gasteiger partial charge in [0.05, 0.1) is 6.04 Å². The molecule has 1 heterocycles. The Hall–Kier alpha value is -3.60. The third kappa shape index (κ3) is 5.91. The molecule has 0 bridgehead atoms. The van der Waals surface area contributed by atoms with Crippen molar-refractivity contribution in [2.45, 2.75) is 18.5 Å². The first kappa shape index (κ1) is 24.5. The Morgan fingerprint density at radius 2 is 1.51 bits per heavy atom. The number of carbonyl (C=O) groups is 1. The molecule has 10 heteroatoms. The topological polar surface area (TPSA) is 134 Å². The van der Waals surface area contributed by atoms with Crippen LogP contribution in [0, 0.1) is 10.2 Å². The molecule has 1 aliphatic rings. The standard InChI is InChI=1S/C25H23N4O.ClHO4/c1-27(25(30)19-10-4-2-5-11-19)24-22-15-9-8-12-20(22)16-23(24)28-17-26-29(18-28)21-13-6-3-7-14-21;2-1(3,4)5/h2-15,17-18,23-24H,16H2,1H3;(H,2,3,4,5)/q+1;/p-1/t23-,24-;/m1./s1. The summed E-state index contributed by atoms with van der Waals surface area (Å²) in [7, 11) is -3.04. The summed E-state index contributed by atoms with van der Waals surface area (Å²) in [6, 6.07) is 28.0. The Labute approximate surface area is 204 Å². The van der Waals surface area contributed by atoms with Crippen molar-refractivity contribution in [3.05, 3.63) is 114 Å². The van der Waals surface area contributed by atoms with Crippen molar-refractivity contribution in [3.63, 3.8) is 0 Å². The zero-order chi connectivity index (χ0) is 25.0. The summed E-state index contributed by atoms with van der Waals surface area (Å²) in [6.07, 6.45) is 4.73. The molecule has 0 aliphatic heterocycles. The first-order chi connectivity index (χ1) is 16.7. The second-order valence-electron chi connectivity index (χ2n) is 8.05. The molecule has 1 aromatic heterocycles. The number of para-hydroxylation sites is 1. The zero-order valence-corrected chi connectivity index (χ0v) is 19.6. The fourth-order valence-corrected chi connectivity index (χ4v) is 4.39. The summed E-state index contributed by atoms with van der Waals surface area (Å²) in [5.41, 5.74) is 4.19. The third-order valence-electron chi connectivity index (χ3n) is 5.88. The highest BCUT2D eigenvalue weighted by Crippen LogP contribution is 2.40. The van der Waals surface area contributed by atoms with Crippen molar-refractivity contribution in [2.24, 2.45) is 0 Å². The fraction of sp³-hybridized carbons (Fsp3) is 0.160. The van der Waals surface area contributed by atoms with Gasteiger partial charge in [-0.3, -0.25) is 4.79 Å². The quantitative estimate of drug-likeness (QED) is 0.334. The van der Waals surface area contributed by atoms with Gasteiger partial charge in [-0.15, -0.1) is 10.2 Å². The molecule has 0 saturated heterocycles. The first-order valence-electron chi connectivity index (χ1n) is 10.7. The van der Waals surface area contributed by atoms with E-state index in [1.807, 2.05) is 96.0 Å². The third-order valence-corrected chi connectivity index (χ3v) is 5.88. The van der Waals surface area contributed by atoms with Crippen LogP contribution >= 0.6 is 0 Å². The van der Waals surface area contributed by atoms with Crippen molar-refractivity contribution in [2.75, 3.05) is 7.05 Å². The maximum atomic E-state index is 13.2. The Bertz CT molecular complexity index is 1270. The van der Waals surface area contributed by atoms with E-state index in [1.165, 1.54) is 11.1 Å². The number of hydrogen-bond donors (Lipinski definition) is 0. The molecule has 5 rings (SSSR count). The van der Waals surface area contributed by atoms with Crippen LogP contribution in [0.25, 0.3) is 5.69 Å². The largest absolute Gasteiger partial charge is 0.331 e. The van der Waals surface area contributed by atoms with Crippen molar-refractivity contribution >= 4 is 5.91 Å². The molecule has 0 N–H and O–H groups in total. The molecule has 0 saturated carbocycles. The van der Waals surface area contributed by atoms with E-state index >= 15 is 0 Å². The minimum absolute atomic E-state index is 0.0263. The van der Waals surface area contributed by atoms with Gasteiger partial charge in [-0.2, -0.15) is 0 Å². The Kier molecular flexibility index (Phi) is 7.25. The highest BCUT2D eigenvalue weighted by atomic mass is 35.7. The van der Waals surface area contributed by atoms with Gasteiger partial charge in [0, 0.05) is 24.1 Å². The maximum Gasteiger partial charge on any atom is 0.265 e. The monoisotopic (exact) mass is 494 g/mol. The van der Waals surface area contributed by atoms with Gasteiger partial charge in [0.25, 0.3) is 12.2 Å². The van der Waals surface area contributed by atoms with Crippen LogP contribution in [0.2, 0.25) is 0 Å². The number of aromatic nitrogens is 3. The SMILES string of the molecule is CN(C(=O)c1ccccc1)[C@@H]1c2ccccc2C[C@H]1[n+]1cnn(-c2ccccc2)c1.[O-][Cl+3]([O-])([O-])[O-]. The summed E-state index contributed by atoms with van der Waals surface area (Å²) in [6.45, 7) is 0. The molecular weight excluding hydrogens is 472 g/mol. The van der Waals surface area contributed by atoms with Crippen LogP contribution in [0.1, 0.15) is 33.6 Å². The molecule has 4 aromatic rings. The summed E-state index contributed by atoms with van der Waals surface area (Å²) in [4.78, 5) is 15.1.